The maximum Gasteiger partial charge on any atom is 0.252 e. The van der Waals surface area contributed by atoms with E-state index in [2.05, 4.69) is 47.0 Å². The Hall–Kier alpha value is -0.580. The van der Waals surface area contributed by atoms with Crippen molar-refractivity contribution in [2.24, 2.45) is 0 Å². The van der Waals surface area contributed by atoms with Crippen LogP contribution in [0, 0.1) is 0 Å². The Bertz CT molecular complexity index is 437. The number of halogens is 2. The lowest BCUT2D eigenvalue weighted by molar-refractivity contribution is 0.0951. The zero-order valence-electron chi connectivity index (χ0n) is 11.5. The van der Waals surface area contributed by atoms with Crippen LogP contribution in [0.4, 0.5) is 0 Å². The molecule has 0 aliphatic rings. The van der Waals surface area contributed by atoms with Gasteiger partial charge < -0.3 is 10.2 Å². The molecule has 0 unspecified atom stereocenters. The van der Waals surface area contributed by atoms with Crippen molar-refractivity contribution in [1.29, 1.82) is 0 Å². The van der Waals surface area contributed by atoms with E-state index in [4.69, 9.17) is 11.6 Å². The molecule has 3 nitrogen and oxygen atoms in total. The van der Waals surface area contributed by atoms with Crippen molar-refractivity contribution in [2.45, 2.75) is 26.3 Å². The van der Waals surface area contributed by atoms with E-state index in [1.165, 1.54) is 0 Å². The Labute approximate surface area is 128 Å². The predicted octanol–water partition coefficient (Wildman–Crippen LogP) is 3.56. The number of nitrogens with one attached hydrogen (secondary N) is 1. The van der Waals surface area contributed by atoms with Crippen molar-refractivity contribution < 1.29 is 4.79 Å². The average molecular weight is 348 g/mol. The third kappa shape index (κ3) is 5.51. The Morgan fingerprint density at radius 3 is 2.79 bits per heavy atom. The summed E-state index contributed by atoms with van der Waals surface area (Å²) in [7, 11) is 2.08. The molecule has 1 rings (SSSR count). The topological polar surface area (TPSA) is 32.3 Å². The van der Waals surface area contributed by atoms with Crippen LogP contribution in [0.5, 0.6) is 0 Å². The fourth-order valence-corrected chi connectivity index (χ4v) is 2.12. The van der Waals surface area contributed by atoms with Crippen LogP contribution >= 0.6 is 27.5 Å². The average Bonchev–Trinajstić information content (AvgIpc) is 2.36. The molecule has 0 aliphatic heterocycles. The molecule has 1 aromatic rings. The zero-order chi connectivity index (χ0) is 14.4. The van der Waals surface area contributed by atoms with Crippen LogP contribution in [0.3, 0.4) is 0 Å². The third-order valence-corrected chi connectivity index (χ3v) is 3.85. The lowest BCUT2D eigenvalue weighted by Gasteiger charge is -2.20. The summed E-state index contributed by atoms with van der Waals surface area (Å²) in [4.78, 5) is 14.2. The minimum atomic E-state index is -0.126. The minimum Gasteiger partial charge on any atom is -0.352 e. The van der Waals surface area contributed by atoms with Crippen molar-refractivity contribution in [3.05, 3.63) is 33.3 Å². The lowest BCUT2D eigenvalue weighted by Crippen LogP contribution is -2.31. The highest BCUT2D eigenvalue weighted by molar-refractivity contribution is 9.10. The predicted molar refractivity (Wildman–Crippen MR) is 83.9 cm³/mol. The number of nitrogens with zero attached hydrogens (tertiary/aromatic N) is 1. The van der Waals surface area contributed by atoms with Gasteiger partial charge in [-0.2, -0.15) is 0 Å². The SMILES string of the molecule is CC(C)N(C)CCCNC(=O)c1cc(Br)ccc1Cl. The van der Waals surface area contributed by atoms with Crippen LogP contribution in [-0.4, -0.2) is 37.0 Å². The van der Waals surface area contributed by atoms with Crippen LogP contribution in [0.25, 0.3) is 0 Å². The van der Waals surface area contributed by atoms with Gasteiger partial charge in [0.1, 0.15) is 0 Å². The van der Waals surface area contributed by atoms with Crippen molar-refractivity contribution in [1.82, 2.24) is 10.2 Å². The second kappa shape index (κ2) is 7.88. The molecular weight excluding hydrogens is 328 g/mol. The first kappa shape index (κ1) is 16.5. The highest BCUT2D eigenvalue weighted by Gasteiger charge is 2.10. The van der Waals surface area contributed by atoms with E-state index in [9.17, 15) is 4.79 Å². The Morgan fingerprint density at radius 2 is 2.16 bits per heavy atom. The van der Waals surface area contributed by atoms with E-state index in [1.807, 2.05) is 6.07 Å². The first-order chi connectivity index (χ1) is 8.91. The van der Waals surface area contributed by atoms with E-state index in [-0.39, 0.29) is 5.91 Å². The van der Waals surface area contributed by atoms with E-state index in [0.29, 0.717) is 23.2 Å². The molecule has 0 aromatic heterocycles. The summed E-state index contributed by atoms with van der Waals surface area (Å²) in [5.74, 6) is -0.126. The summed E-state index contributed by atoms with van der Waals surface area (Å²) in [6.07, 6.45) is 0.923. The molecule has 0 atom stereocenters. The van der Waals surface area contributed by atoms with E-state index in [0.717, 1.165) is 17.4 Å². The van der Waals surface area contributed by atoms with Gasteiger partial charge >= 0.3 is 0 Å². The summed E-state index contributed by atoms with van der Waals surface area (Å²) in [5, 5.41) is 3.36. The molecule has 5 heteroatoms. The maximum absolute atomic E-state index is 12.0. The molecule has 19 heavy (non-hydrogen) atoms. The van der Waals surface area contributed by atoms with Gasteiger partial charge in [-0.25, -0.2) is 0 Å². The summed E-state index contributed by atoms with van der Waals surface area (Å²) in [5.41, 5.74) is 0.508. The van der Waals surface area contributed by atoms with Crippen molar-refractivity contribution >= 4 is 33.4 Å². The van der Waals surface area contributed by atoms with Crippen LogP contribution in [0.15, 0.2) is 22.7 Å². The molecule has 0 saturated carbocycles. The molecule has 106 valence electrons. The van der Waals surface area contributed by atoms with Crippen LogP contribution < -0.4 is 5.32 Å². The molecule has 1 aromatic carbocycles. The van der Waals surface area contributed by atoms with E-state index in [1.54, 1.807) is 12.1 Å². The van der Waals surface area contributed by atoms with Crippen molar-refractivity contribution in [3.63, 3.8) is 0 Å². The van der Waals surface area contributed by atoms with Gasteiger partial charge in [-0.3, -0.25) is 4.79 Å². The summed E-state index contributed by atoms with van der Waals surface area (Å²) in [6.45, 7) is 5.92. The number of rotatable bonds is 6. The van der Waals surface area contributed by atoms with Gasteiger partial charge in [0.2, 0.25) is 0 Å². The third-order valence-electron chi connectivity index (χ3n) is 3.03. The monoisotopic (exact) mass is 346 g/mol. The smallest absolute Gasteiger partial charge is 0.252 e. The summed E-state index contributed by atoms with van der Waals surface area (Å²) < 4.78 is 0.849. The maximum atomic E-state index is 12.0. The second-order valence-corrected chi connectivity index (χ2v) is 6.13. The van der Waals surface area contributed by atoms with Crippen molar-refractivity contribution in [2.75, 3.05) is 20.1 Å². The van der Waals surface area contributed by atoms with E-state index >= 15 is 0 Å². The number of carbonyl (C=O) groups is 1. The highest BCUT2D eigenvalue weighted by atomic mass is 79.9. The molecule has 0 heterocycles. The van der Waals surface area contributed by atoms with Gasteiger partial charge in [0, 0.05) is 17.1 Å². The normalized spacial score (nSPS) is 11.1. The summed E-state index contributed by atoms with van der Waals surface area (Å²) in [6, 6.07) is 5.79. The lowest BCUT2D eigenvalue weighted by atomic mass is 10.2. The molecule has 0 saturated heterocycles. The fraction of sp³-hybridized carbons (Fsp3) is 0.500. The van der Waals surface area contributed by atoms with Crippen molar-refractivity contribution in [3.8, 4) is 0 Å². The highest BCUT2D eigenvalue weighted by Crippen LogP contribution is 2.20. The number of carbonyl (C=O) groups excluding carboxylic acids is 1. The molecule has 0 bridgehead atoms. The Morgan fingerprint density at radius 1 is 1.47 bits per heavy atom. The largest absolute Gasteiger partial charge is 0.352 e. The molecular formula is C14H20BrClN2O. The quantitative estimate of drug-likeness (QED) is 0.798. The van der Waals surface area contributed by atoms with Gasteiger partial charge in [0.15, 0.2) is 0 Å². The molecule has 1 amide bonds. The first-order valence-electron chi connectivity index (χ1n) is 6.35. The number of benzene rings is 1. The molecule has 0 fully saturated rings. The Kier molecular flexibility index (Phi) is 6.83. The van der Waals surface area contributed by atoms with Gasteiger partial charge in [-0.1, -0.05) is 27.5 Å². The number of amides is 1. The number of hydrogen-bond donors (Lipinski definition) is 1. The molecule has 0 spiro atoms. The number of hydrogen-bond acceptors (Lipinski definition) is 2. The molecule has 1 N–H and O–H groups in total. The zero-order valence-corrected chi connectivity index (χ0v) is 13.9. The van der Waals surface area contributed by atoms with Gasteiger partial charge in [-0.05, 0) is 52.1 Å². The van der Waals surface area contributed by atoms with Gasteiger partial charge in [0.25, 0.3) is 5.91 Å². The standard InChI is InChI=1S/C14H20BrClN2O/c1-10(2)18(3)8-4-7-17-14(19)12-9-11(15)5-6-13(12)16/h5-6,9-10H,4,7-8H2,1-3H3,(H,17,19). The second-order valence-electron chi connectivity index (χ2n) is 4.81. The van der Waals surface area contributed by atoms with Gasteiger partial charge in [-0.15, -0.1) is 0 Å². The van der Waals surface area contributed by atoms with Crippen LogP contribution in [0.2, 0.25) is 5.02 Å². The van der Waals surface area contributed by atoms with E-state index < -0.39 is 0 Å². The summed E-state index contributed by atoms with van der Waals surface area (Å²) >= 11 is 9.34. The molecule has 0 radical (unpaired) electrons. The first-order valence-corrected chi connectivity index (χ1v) is 7.52. The minimum absolute atomic E-state index is 0.126. The molecule has 0 aliphatic carbocycles. The van der Waals surface area contributed by atoms with Crippen LogP contribution in [-0.2, 0) is 0 Å². The fourth-order valence-electron chi connectivity index (χ4n) is 1.56. The van der Waals surface area contributed by atoms with Crippen LogP contribution in [0.1, 0.15) is 30.6 Å². The Balaban J connectivity index is 2.41. The van der Waals surface area contributed by atoms with Gasteiger partial charge in [0.05, 0.1) is 10.6 Å².